The third-order valence-electron chi connectivity index (χ3n) is 6.56. The number of carbonyl (C=O) groups excluding carboxylic acids is 2. The molecule has 0 saturated carbocycles. The number of pyridine rings is 1. The van der Waals surface area contributed by atoms with Crippen LogP contribution in [0.25, 0.3) is 0 Å². The van der Waals surface area contributed by atoms with Crippen molar-refractivity contribution in [3.8, 4) is 0 Å². The average Bonchev–Trinajstić information content (AvgIpc) is 3.05. The highest BCUT2D eigenvalue weighted by Crippen LogP contribution is 2.31. The van der Waals surface area contributed by atoms with Crippen molar-refractivity contribution in [1.82, 2.24) is 4.98 Å². The number of alkyl halides is 3. The maximum Gasteiger partial charge on any atom is 0.417 e. The lowest BCUT2D eigenvalue weighted by atomic mass is 9.97. The highest BCUT2D eigenvalue weighted by molar-refractivity contribution is 8.00. The molecule has 1 aliphatic heterocycles. The first-order chi connectivity index (χ1) is 22.8. The first-order valence-electron chi connectivity index (χ1n) is 16.1. The summed E-state index contributed by atoms with van der Waals surface area (Å²) in [6.07, 6.45) is -0.777. The molecule has 0 radical (unpaired) electrons. The molecule has 0 aliphatic carbocycles. The van der Waals surface area contributed by atoms with E-state index >= 15 is 0 Å². The molecule has 7 nitrogen and oxygen atoms in total. The summed E-state index contributed by atoms with van der Waals surface area (Å²) in [5.41, 5.74) is 1.70. The van der Waals surface area contributed by atoms with E-state index in [2.05, 4.69) is 40.9 Å². The standard InChI is InChI=1S/C27H31F3N2O5S.C8H10.C2H6/c1-5-7-20-14-22(35-16-24(33)37-26(2,3)4)21(25(34)36-20)13-17-8-6-9-19(12-17)32-38-23-11-10-18(15-31-23)27(28,29)30;1-2-8-6-4-3-5-7-8;1-2/h6,8-12,15,20,32H,5,7,13-14,16H2,1-4H3;3-7H,2H2,1H3;1-2H3. The van der Waals surface area contributed by atoms with Crippen molar-refractivity contribution < 1.29 is 37.0 Å². The average molecular weight is 689 g/mol. The number of ether oxygens (including phenoxy) is 3. The molecule has 262 valence electrons. The number of anilines is 1. The van der Waals surface area contributed by atoms with Crippen molar-refractivity contribution in [3.05, 3.63) is 101 Å². The van der Waals surface area contributed by atoms with Crippen LogP contribution in [0.2, 0.25) is 0 Å². The van der Waals surface area contributed by atoms with Gasteiger partial charge in [0.15, 0.2) is 6.61 Å². The van der Waals surface area contributed by atoms with E-state index in [0.29, 0.717) is 34.9 Å². The van der Waals surface area contributed by atoms with Crippen LogP contribution >= 0.6 is 11.9 Å². The number of nitrogens with one attached hydrogen (secondary N) is 1. The second kappa shape index (κ2) is 19.7. The largest absolute Gasteiger partial charge is 0.486 e. The number of cyclic esters (lactones) is 1. The second-order valence-corrected chi connectivity index (χ2v) is 12.4. The van der Waals surface area contributed by atoms with E-state index in [4.69, 9.17) is 14.2 Å². The number of halogens is 3. The Morgan fingerprint density at radius 2 is 1.69 bits per heavy atom. The number of aromatic nitrogens is 1. The van der Waals surface area contributed by atoms with Crippen molar-refractivity contribution in [2.24, 2.45) is 0 Å². The van der Waals surface area contributed by atoms with E-state index in [1.165, 1.54) is 11.6 Å². The van der Waals surface area contributed by atoms with Gasteiger partial charge in [-0.3, -0.25) is 0 Å². The number of hydrogen-bond donors (Lipinski definition) is 1. The number of rotatable bonds is 11. The van der Waals surface area contributed by atoms with Gasteiger partial charge in [0, 0.05) is 36.7 Å². The quantitative estimate of drug-likeness (QED) is 0.157. The molecule has 1 N–H and O–H groups in total. The van der Waals surface area contributed by atoms with Crippen LogP contribution in [0.5, 0.6) is 0 Å². The molecule has 1 atom stereocenters. The van der Waals surface area contributed by atoms with Gasteiger partial charge in [0.1, 0.15) is 22.5 Å². The van der Waals surface area contributed by atoms with Gasteiger partial charge in [0.2, 0.25) is 0 Å². The molecule has 0 fully saturated rings. The minimum Gasteiger partial charge on any atom is -0.486 e. The number of aryl methyl sites for hydroxylation is 1. The van der Waals surface area contributed by atoms with Crippen LogP contribution in [0.1, 0.15) is 84.4 Å². The fourth-order valence-electron chi connectivity index (χ4n) is 4.41. The lowest BCUT2D eigenvalue weighted by molar-refractivity contribution is -0.160. The normalized spacial score (nSPS) is 14.5. The Bertz CT molecular complexity index is 1460. The molecular weight excluding hydrogens is 641 g/mol. The lowest BCUT2D eigenvalue weighted by Gasteiger charge is -2.27. The summed E-state index contributed by atoms with van der Waals surface area (Å²) in [6.45, 7) is 13.1. The van der Waals surface area contributed by atoms with Crippen molar-refractivity contribution in [1.29, 1.82) is 0 Å². The van der Waals surface area contributed by atoms with Gasteiger partial charge < -0.3 is 18.9 Å². The van der Waals surface area contributed by atoms with Crippen LogP contribution in [-0.4, -0.2) is 35.2 Å². The van der Waals surface area contributed by atoms with Gasteiger partial charge in [-0.25, -0.2) is 14.6 Å². The number of carbonyl (C=O) groups is 2. The minimum absolute atomic E-state index is 0.208. The van der Waals surface area contributed by atoms with Gasteiger partial charge >= 0.3 is 18.1 Å². The maximum atomic E-state index is 12.9. The van der Waals surface area contributed by atoms with E-state index < -0.39 is 29.3 Å². The first-order valence-corrected chi connectivity index (χ1v) is 17.0. The Balaban J connectivity index is 0.000000690. The van der Waals surface area contributed by atoms with Gasteiger partial charge in [-0.1, -0.05) is 76.6 Å². The Kier molecular flexibility index (Phi) is 16.5. The molecule has 48 heavy (non-hydrogen) atoms. The number of hydrogen-bond acceptors (Lipinski definition) is 8. The van der Waals surface area contributed by atoms with Gasteiger partial charge in [0.05, 0.1) is 11.1 Å². The molecule has 1 aromatic heterocycles. The van der Waals surface area contributed by atoms with Crippen LogP contribution in [-0.2, 0) is 42.8 Å². The summed E-state index contributed by atoms with van der Waals surface area (Å²) >= 11 is 1.06. The van der Waals surface area contributed by atoms with Crippen LogP contribution in [0.3, 0.4) is 0 Å². The monoisotopic (exact) mass is 688 g/mol. The molecule has 0 spiro atoms. The van der Waals surface area contributed by atoms with E-state index in [0.717, 1.165) is 42.6 Å². The van der Waals surface area contributed by atoms with E-state index in [-0.39, 0.29) is 19.1 Å². The highest BCUT2D eigenvalue weighted by atomic mass is 32.2. The maximum absolute atomic E-state index is 12.9. The molecule has 2 aromatic carbocycles. The van der Waals surface area contributed by atoms with Crippen molar-refractivity contribution in [2.75, 3.05) is 11.3 Å². The van der Waals surface area contributed by atoms with Gasteiger partial charge in [0.25, 0.3) is 0 Å². The van der Waals surface area contributed by atoms with Crippen LogP contribution in [0.15, 0.2) is 89.3 Å². The molecular formula is C37H47F3N2O5S. The summed E-state index contributed by atoms with van der Waals surface area (Å²) in [5, 5.41) is 0.363. The zero-order chi connectivity index (χ0) is 35.7. The first kappa shape index (κ1) is 40.2. The van der Waals surface area contributed by atoms with Gasteiger partial charge in [-0.15, -0.1) is 0 Å². The lowest BCUT2D eigenvalue weighted by Crippen LogP contribution is -2.30. The van der Waals surface area contributed by atoms with Crippen molar-refractivity contribution in [2.45, 2.75) is 103 Å². The fourth-order valence-corrected chi connectivity index (χ4v) is 5.00. The van der Waals surface area contributed by atoms with Crippen LogP contribution in [0.4, 0.5) is 18.9 Å². The summed E-state index contributed by atoms with van der Waals surface area (Å²) in [6, 6.07) is 19.9. The predicted molar refractivity (Wildman–Crippen MR) is 184 cm³/mol. The van der Waals surface area contributed by atoms with Crippen LogP contribution < -0.4 is 4.72 Å². The Hall–Kier alpha value is -3.99. The van der Waals surface area contributed by atoms with Gasteiger partial charge in [-0.2, -0.15) is 13.2 Å². The summed E-state index contributed by atoms with van der Waals surface area (Å²) in [5.74, 6) is -0.613. The number of esters is 2. The van der Waals surface area contributed by atoms with Crippen molar-refractivity contribution in [3.63, 3.8) is 0 Å². The predicted octanol–water partition coefficient (Wildman–Crippen LogP) is 9.77. The third kappa shape index (κ3) is 14.4. The molecule has 0 bridgehead atoms. The zero-order valence-electron chi connectivity index (χ0n) is 28.8. The molecule has 1 unspecified atom stereocenters. The molecule has 1 aliphatic rings. The van der Waals surface area contributed by atoms with Crippen molar-refractivity contribution >= 4 is 29.6 Å². The minimum atomic E-state index is -4.45. The Morgan fingerprint density at radius 3 is 2.25 bits per heavy atom. The zero-order valence-corrected chi connectivity index (χ0v) is 29.6. The summed E-state index contributed by atoms with van der Waals surface area (Å²) < 4.78 is 58.0. The Labute approximate surface area is 286 Å². The molecule has 4 rings (SSSR count). The number of nitrogens with zero attached hydrogens (tertiary/aromatic N) is 1. The fraction of sp³-hybridized carbons (Fsp3) is 0.432. The van der Waals surface area contributed by atoms with E-state index in [9.17, 15) is 22.8 Å². The molecule has 0 saturated heterocycles. The van der Waals surface area contributed by atoms with E-state index in [1.807, 2.05) is 32.9 Å². The smallest absolute Gasteiger partial charge is 0.417 e. The third-order valence-corrected chi connectivity index (χ3v) is 7.35. The highest BCUT2D eigenvalue weighted by Gasteiger charge is 2.32. The summed E-state index contributed by atoms with van der Waals surface area (Å²) in [4.78, 5) is 28.9. The number of benzene rings is 2. The summed E-state index contributed by atoms with van der Waals surface area (Å²) in [7, 11) is 0. The topological polar surface area (TPSA) is 86.8 Å². The molecule has 0 amide bonds. The SMILES string of the molecule is CC.CCCC1CC(OCC(=O)OC(C)(C)C)=C(Cc2cccc(NSc3ccc(C(F)(F)F)cn3)c2)C(=O)O1.CCc1ccccc1. The molecule has 2 heterocycles. The van der Waals surface area contributed by atoms with Crippen LogP contribution in [0, 0.1) is 0 Å². The molecule has 3 aromatic rings. The Morgan fingerprint density at radius 1 is 1.00 bits per heavy atom. The van der Waals surface area contributed by atoms with Gasteiger partial charge in [-0.05, 0) is 69.0 Å². The molecule has 11 heteroatoms. The second-order valence-electron chi connectivity index (χ2n) is 11.6. The van der Waals surface area contributed by atoms with E-state index in [1.54, 1.807) is 39.0 Å².